The van der Waals surface area contributed by atoms with Crippen LogP contribution in [0.5, 0.6) is 0 Å². The second-order valence-corrected chi connectivity index (χ2v) is 6.19. The highest BCUT2D eigenvalue weighted by molar-refractivity contribution is 6.01. The number of hydrogen-bond donors (Lipinski definition) is 2. The van der Waals surface area contributed by atoms with E-state index in [1.807, 2.05) is 67.2 Å². The van der Waals surface area contributed by atoms with E-state index in [1.54, 1.807) is 0 Å². The Kier molecular flexibility index (Phi) is 4.85. The molecule has 0 saturated heterocycles. The molecule has 0 spiro atoms. The number of aromatic nitrogens is 1. The van der Waals surface area contributed by atoms with E-state index in [0.717, 1.165) is 29.4 Å². The first-order valence-corrected chi connectivity index (χ1v) is 8.29. The molecule has 0 saturated carbocycles. The molecular formula is C20H23N3O. The normalized spacial score (nSPS) is 12.1. The molecular weight excluding hydrogens is 298 g/mol. The Labute approximate surface area is 142 Å². The minimum absolute atomic E-state index is 0.111. The van der Waals surface area contributed by atoms with Gasteiger partial charge in [-0.15, -0.1) is 0 Å². The van der Waals surface area contributed by atoms with E-state index in [4.69, 9.17) is 0 Å². The van der Waals surface area contributed by atoms with Gasteiger partial charge in [0, 0.05) is 30.2 Å². The maximum Gasteiger partial charge on any atom is 0.319 e. The van der Waals surface area contributed by atoms with Gasteiger partial charge in [0.15, 0.2) is 0 Å². The van der Waals surface area contributed by atoms with E-state index in [2.05, 4.69) is 22.8 Å². The highest BCUT2D eigenvalue weighted by Gasteiger charge is 2.11. The number of nitrogens with one attached hydrogen (secondary N) is 2. The fourth-order valence-corrected chi connectivity index (χ4v) is 2.92. The number of amides is 2. The molecule has 1 aromatic heterocycles. The molecule has 24 heavy (non-hydrogen) atoms. The average Bonchev–Trinajstić information content (AvgIpc) is 2.90. The number of hydrogen-bond acceptors (Lipinski definition) is 1. The number of benzene rings is 2. The van der Waals surface area contributed by atoms with Crippen LogP contribution in [0.1, 0.15) is 18.9 Å². The van der Waals surface area contributed by atoms with Gasteiger partial charge < -0.3 is 15.2 Å². The Morgan fingerprint density at radius 1 is 1.08 bits per heavy atom. The number of para-hydroxylation sites is 1. The largest absolute Gasteiger partial charge is 0.348 e. The third-order valence-corrected chi connectivity index (χ3v) is 4.23. The molecule has 4 nitrogen and oxygen atoms in total. The lowest BCUT2D eigenvalue weighted by atomic mass is 10.1. The quantitative estimate of drug-likeness (QED) is 0.722. The lowest BCUT2D eigenvalue weighted by Gasteiger charge is -2.14. The van der Waals surface area contributed by atoms with Gasteiger partial charge in [-0.05, 0) is 31.4 Å². The second-order valence-electron chi connectivity index (χ2n) is 6.19. The van der Waals surface area contributed by atoms with Gasteiger partial charge in [0.2, 0.25) is 0 Å². The Bertz CT molecular complexity index is 823. The van der Waals surface area contributed by atoms with Crippen molar-refractivity contribution in [3.63, 3.8) is 0 Å². The van der Waals surface area contributed by atoms with Crippen molar-refractivity contribution in [3.05, 3.63) is 66.4 Å². The first kappa shape index (κ1) is 16.1. The van der Waals surface area contributed by atoms with Gasteiger partial charge in [-0.25, -0.2) is 4.79 Å². The summed E-state index contributed by atoms with van der Waals surface area (Å²) in [7, 11) is 1.98. The Hall–Kier alpha value is -2.75. The first-order chi connectivity index (χ1) is 11.6. The lowest BCUT2D eigenvalue weighted by molar-refractivity contribution is 0.248. The predicted octanol–water partition coefficient (Wildman–Crippen LogP) is 4.32. The standard InChI is InChI=1S/C20H23N3O/c1-15(12-13-16-8-4-3-5-9-16)21-20(24)22-18-14-23(2)19-11-7-6-10-17(18)19/h3-11,14-15H,12-13H2,1-2H3,(H2,21,22,24)/t15-/m1/s1. The molecule has 0 unspecified atom stereocenters. The van der Waals surface area contributed by atoms with Crippen molar-refractivity contribution in [3.8, 4) is 0 Å². The van der Waals surface area contributed by atoms with Gasteiger partial charge in [0.25, 0.3) is 0 Å². The smallest absolute Gasteiger partial charge is 0.319 e. The number of aryl methyl sites for hydroxylation is 2. The predicted molar refractivity (Wildman–Crippen MR) is 99.3 cm³/mol. The number of carbonyl (C=O) groups is 1. The number of carbonyl (C=O) groups excluding carboxylic acids is 1. The fourth-order valence-electron chi connectivity index (χ4n) is 2.92. The highest BCUT2D eigenvalue weighted by atomic mass is 16.2. The van der Waals surface area contributed by atoms with Gasteiger partial charge in [-0.3, -0.25) is 0 Å². The third kappa shape index (κ3) is 3.77. The molecule has 3 rings (SSSR count). The Balaban J connectivity index is 1.56. The zero-order chi connectivity index (χ0) is 16.9. The Morgan fingerprint density at radius 3 is 2.58 bits per heavy atom. The van der Waals surface area contributed by atoms with Crippen molar-refractivity contribution < 1.29 is 4.79 Å². The van der Waals surface area contributed by atoms with Gasteiger partial charge in [0.05, 0.1) is 5.69 Å². The summed E-state index contributed by atoms with van der Waals surface area (Å²) in [5, 5.41) is 7.03. The lowest BCUT2D eigenvalue weighted by Crippen LogP contribution is -2.36. The van der Waals surface area contributed by atoms with Gasteiger partial charge >= 0.3 is 6.03 Å². The molecule has 124 valence electrons. The molecule has 0 aliphatic carbocycles. The molecule has 0 fully saturated rings. The molecule has 0 radical (unpaired) electrons. The SMILES string of the molecule is C[C@H](CCc1ccccc1)NC(=O)Nc1cn(C)c2ccccc12. The average molecular weight is 321 g/mol. The van der Waals surface area contributed by atoms with Gasteiger partial charge in [0.1, 0.15) is 0 Å². The molecule has 0 aliphatic rings. The molecule has 2 N–H and O–H groups in total. The van der Waals surface area contributed by atoms with Gasteiger partial charge in [-0.2, -0.15) is 0 Å². The highest BCUT2D eigenvalue weighted by Crippen LogP contribution is 2.24. The minimum Gasteiger partial charge on any atom is -0.348 e. The summed E-state index contributed by atoms with van der Waals surface area (Å²) in [5.41, 5.74) is 3.23. The van der Waals surface area contributed by atoms with E-state index < -0.39 is 0 Å². The van der Waals surface area contributed by atoms with Crippen molar-refractivity contribution >= 4 is 22.6 Å². The summed E-state index contributed by atoms with van der Waals surface area (Å²) in [4.78, 5) is 12.3. The number of rotatable bonds is 5. The summed E-state index contributed by atoms with van der Waals surface area (Å²) in [6.07, 6.45) is 3.81. The molecule has 4 heteroatoms. The molecule has 1 heterocycles. The summed E-state index contributed by atoms with van der Waals surface area (Å²) < 4.78 is 2.02. The van der Waals surface area contributed by atoms with Crippen molar-refractivity contribution in [2.45, 2.75) is 25.8 Å². The summed E-state index contributed by atoms with van der Waals surface area (Å²) in [5.74, 6) is 0. The van der Waals surface area contributed by atoms with Crippen molar-refractivity contribution in [1.29, 1.82) is 0 Å². The third-order valence-electron chi connectivity index (χ3n) is 4.23. The maximum absolute atomic E-state index is 12.3. The second kappa shape index (κ2) is 7.21. The number of fused-ring (bicyclic) bond motifs is 1. The summed E-state index contributed by atoms with van der Waals surface area (Å²) in [6.45, 7) is 2.03. The van der Waals surface area contributed by atoms with Crippen molar-refractivity contribution in [2.24, 2.45) is 7.05 Å². The zero-order valence-corrected chi connectivity index (χ0v) is 14.1. The number of anilines is 1. The summed E-state index contributed by atoms with van der Waals surface area (Å²) in [6, 6.07) is 18.3. The van der Waals surface area contributed by atoms with Crippen LogP contribution in [-0.2, 0) is 13.5 Å². The topological polar surface area (TPSA) is 46.1 Å². The van der Waals surface area contributed by atoms with Crippen LogP contribution in [0.4, 0.5) is 10.5 Å². The van der Waals surface area contributed by atoms with Crippen LogP contribution < -0.4 is 10.6 Å². The minimum atomic E-state index is -0.160. The van der Waals surface area contributed by atoms with Crippen LogP contribution in [0, 0.1) is 0 Å². The van der Waals surface area contributed by atoms with Crippen LogP contribution in [-0.4, -0.2) is 16.6 Å². The van der Waals surface area contributed by atoms with Crippen LogP contribution in [0.15, 0.2) is 60.8 Å². The van der Waals surface area contributed by atoms with Crippen LogP contribution in [0.3, 0.4) is 0 Å². The maximum atomic E-state index is 12.3. The van der Waals surface area contributed by atoms with Crippen LogP contribution in [0.2, 0.25) is 0 Å². The van der Waals surface area contributed by atoms with E-state index in [-0.39, 0.29) is 12.1 Å². The van der Waals surface area contributed by atoms with Crippen LogP contribution in [0.25, 0.3) is 10.9 Å². The molecule has 1 atom stereocenters. The monoisotopic (exact) mass is 321 g/mol. The van der Waals surface area contributed by atoms with E-state index in [9.17, 15) is 4.79 Å². The molecule has 0 aliphatic heterocycles. The van der Waals surface area contributed by atoms with Gasteiger partial charge in [-0.1, -0.05) is 48.5 Å². The Morgan fingerprint density at radius 2 is 1.79 bits per heavy atom. The van der Waals surface area contributed by atoms with E-state index >= 15 is 0 Å². The van der Waals surface area contributed by atoms with Crippen molar-refractivity contribution in [1.82, 2.24) is 9.88 Å². The van der Waals surface area contributed by atoms with E-state index in [0.29, 0.717) is 0 Å². The first-order valence-electron chi connectivity index (χ1n) is 8.29. The van der Waals surface area contributed by atoms with Crippen LogP contribution >= 0.6 is 0 Å². The fraction of sp³-hybridized carbons (Fsp3) is 0.250. The molecule has 2 amide bonds. The molecule has 0 bridgehead atoms. The van der Waals surface area contributed by atoms with Crippen molar-refractivity contribution in [2.75, 3.05) is 5.32 Å². The van der Waals surface area contributed by atoms with E-state index in [1.165, 1.54) is 5.56 Å². The molecule has 3 aromatic rings. The number of nitrogens with zero attached hydrogens (tertiary/aromatic N) is 1. The zero-order valence-electron chi connectivity index (χ0n) is 14.1. The number of urea groups is 1. The molecule has 2 aromatic carbocycles. The summed E-state index contributed by atoms with van der Waals surface area (Å²) >= 11 is 0.